The smallest absolute Gasteiger partial charge is 0.308 e. The van der Waals surface area contributed by atoms with Gasteiger partial charge in [-0.25, -0.2) is 4.90 Å². The maximum absolute atomic E-state index is 13.8. The van der Waals surface area contributed by atoms with Gasteiger partial charge >= 0.3 is 4.87 Å². The van der Waals surface area contributed by atoms with E-state index in [4.69, 9.17) is 0 Å². The fourth-order valence-corrected chi connectivity index (χ4v) is 7.89. The molecular formula is C28H20N4O6S2. The number of benzene rings is 3. The molecule has 2 aliphatic heterocycles. The van der Waals surface area contributed by atoms with E-state index in [1.807, 2.05) is 36.4 Å². The highest BCUT2D eigenvalue weighted by molar-refractivity contribution is 8.00. The second kappa shape index (κ2) is 10.2. The first-order chi connectivity index (χ1) is 19.3. The molecule has 3 heterocycles. The number of carbonyl (C=O) groups excluding carboxylic acids is 3. The summed E-state index contributed by atoms with van der Waals surface area (Å²) in [5, 5.41) is 13.5. The topological polar surface area (TPSA) is 132 Å². The summed E-state index contributed by atoms with van der Waals surface area (Å²) < 4.78 is 1.36. The van der Waals surface area contributed by atoms with Gasteiger partial charge in [0.15, 0.2) is 0 Å². The van der Waals surface area contributed by atoms with Crippen LogP contribution in [0.2, 0.25) is 0 Å². The van der Waals surface area contributed by atoms with Crippen molar-refractivity contribution in [1.82, 2.24) is 4.57 Å². The summed E-state index contributed by atoms with van der Waals surface area (Å²) in [5.41, 5.74) is 1.45. The number of anilines is 2. The summed E-state index contributed by atoms with van der Waals surface area (Å²) in [6.07, 6.45) is 0. The Kier molecular flexibility index (Phi) is 6.56. The number of amides is 3. The molecule has 2 unspecified atom stereocenters. The van der Waals surface area contributed by atoms with E-state index in [2.05, 4.69) is 5.32 Å². The molecular weight excluding hydrogens is 552 g/mol. The Balaban J connectivity index is 1.39. The van der Waals surface area contributed by atoms with Crippen LogP contribution >= 0.6 is 23.1 Å². The number of hydrogen-bond acceptors (Lipinski definition) is 8. The summed E-state index contributed by atoms with van der Waals surface area (Å²) in [6, 6.07) is 23.3. The van der Waals surface area contributed by atoms with Crippen LogP contribution < -0.4 is 15.1 Å². The fraction of sp³-hybridized carbons (Fsp3) is 0.143. The third-order valence-electron chi connectivity index (χ3n) is 6.89. The van der Waals surface area contributed by atoms with E-state index in [-0.39, 0.29) is 22.8 Å². The number of nitrogens with one attached hydrogen (secondary N) is 1. The second-order valence-corrected chi connectivity index (χ2v) is 11.4. The van der Waals surface area contributed by atoms with Gasteiger partial charge in [-0.1, -0.05) is 71.6 Å². The molecule has 40 heavy (non-hydrogen) atoms. The number of thioether (sulfide) groups is 1. The van der Waals surface area contributed by atoms with E-state index < -0.39 is 39.7 Å². The SMILES string of the molecule is O=C(Cn1c2c(sc1=O)[C@@H](c1ccccc1)C1C(=O)N(c3ccc([N+](=O)[O-])cc3)C(=O)C1S2)Nc1ccccc1. The van der Waals surface area contributed by atoms with E-state index in [0.717, 1.165) is 33.6 Å². The molecule has 3 amide bonds. The largest absolute Gasteiger partial charge is 0.325 e. The minimum atomic E-state index is -0.849. The summed E-state index contributed by atoms with van der Waals surface area (Å²) in [7, 11) is 0. The number of nitro groups is 1. The Bertz CT molecular complexity index is 1700. The number of hydrogen-bond donors (Lipinski definition) is 1. The molecule has 6 rings (SSSR count). The van der Waals surface area contributed by atoms with Crippen molar-refractivity contribution in [2.45, 2.75) is 22.7 Å². The van der Waals surface area contributed by atoms with Crippen molar-refractivity contribution in [3.63, 3.8) is 0 Å². The first-order valence-electron chi connectivity index (χ1n) is 12.3. The standard InChI is InChI=1S/C28H20N4O6S2/c33-20(29-17-9-5-2-6-10-17)15-30-27-24(40-28(30)36)21(16-7-3-1-4-8-16)22-23(39-27)26(35)31(25(22)34)18-11-13-19(14-12-18)32(37)38/h1-14,21-23H,15H2,(H,29,33)/t21-,22?,23?/m0/s1. The molecule has 12 heteroatoms. The number of nitro benzene ring substituents is 1. The lowest BCUT2D eigenvalue weighted by Gasteiger charge is -2.30. The highest BCUT2D eigenvalue weighted by Gasteiger charge is 2.56. The number of imide groups is 1. The van der Waals surface area contributed by atoms with Gasteiger partial charge in [0.1, 0.15) is 11.8 Å². The van der Waals surface area contributed by atoms with Gasteiger partial charge in [0.25, 0.3) is 5.69 Å². The summed E-state index contributed by atoms with van der Waals surface area (Å²) in [4.78, 5) is 65.5. The van der Waals surface area contributed by atoms with Crippen LogP contribution in [0.1, 0.15) is 16.4 Å². The highest BCUT2D eigenvalue weighted by atomic mass is 32.2. The molecule has 1 N–H and O–H groups in total. The van der Waals surface area contributed by atoms with Crippen molar-refractivity contribution in [2.24, 2.45) is 5.92 Å². The van der Waals surface area contributed by atoms with Crippen molar-refractivity contribution >= 4 is 57.9 Å². The molecule has 0 radical (unpaired) electrons. The summed E-state index contributed by atoms with van der Waals surface area (Å²) in [6.45, 7) is -0.250. The van der Waals surface area contributed by atoms with E-state index in [1.54, 1.807) is 24.3 Å². The van der Waals surface area contributed by atoms with Gasteiger partial charge in [-0.2, -0.15) is 0 Å². The van der Waals surface area contributed by atoms with Crippen LogP contribution in [-0.4, -0.2) is 32.5 Å². The van der Waals surface area contributed by atoms with Gasteiger partial charge in [-0.15, -0.1) is 0 Å². The van der Waals surface area contributed by atoms with E-state index in [9.17, 15) is 29.3 Å². The second-order valence-electron chi connectivity index (χ2n) is 9.28. The Morgan fingerprint density at radius 2 is 1.55 bits per heavy atom. The van der Waals surface area contributed by atoms with Gasteiger partial charge in [-0.05, 0) is 29.8 Å². The predicted octanol–water partition coefficient (Wildman–Crippen LogP) is 4.25. The summed E-state index contributed by atoms with van der Waals surface area (Å²) in [5.74, 6) is -2.69. The molecule has 4 aromatic rings. The van der Waals surface area contributed by atoms with Crippen LogP contribution in [0.5, 0.6) is 0 Å². The monoisotopic (exact) mass is 572 g/mol. The minimum absolute atomic E-state index is 0.156. The molecule has 0 saturated carbocycles. The Morgan fingerprint density at radius 1 is 0.900 bits per heavy atom. The maximum Gasteiger partial charge on any atom is 0.308 e. The average molecular weight is 573 g/mol. The molecule has 1 saturated heterocycles. The number of thiazole rings is 1. The van der Waals surface area contributed by atoms with Gasteiger partial charge in [0.2, 0.25) is 17.7 Å². The zero-order valence-corrected chi connectivity index (χ0v) is 22.3. The minimum Gasteiger partial charge on any atom is -0.325 e. The number of carbonyl (C=O) groups is 3. The molecule has 1 fully saturated rings. The number of non-ortho nitro benzene ring substituents is 1. The Morgan fingerprint density at radius 3 is 2.20 bits per heavy atom. The van der Waals surface area contributed by atoms with Crippen molar-refractivity contribution in [2.75, 3.05) is 10.2 Å². The lowest BCUT2D eigenvalue weighted by molar-refractivity contribution is -0.384. The van der Waals surface area contributed by atoms with Crippen molar-refractivity contribution in [3.05, 3.63) is 115 Å². The maximum atomic E-state index is 13.8. The molecule has 2 aliphatic rings. The van der Waals surface area contributed by atoms with Crippen LogP contribution in [0.15, 0.2) is 94.7 Å². The lowest BCUT2D eigenvalue weighted by atomic mass is 9.83. The zero-order chi connectivity index (χ0) is 28.0. The van der Waals surface area contributed by atoms with E-state index >= 15 is 0 Å². The highest BCUT2D eigenvalue weighted by Crippen LogP contribution is 2.53. The lowest BCUT2D eigenvalue weighted by Crippen LogP contribution is -2.33. The van der Waals surface area contributed by atoms with Gasteiger partial charge in [-0.3, -0.25) is 33.9 Å². The van der Waals surface area contributed by atoms with Crippen molar-refractivity contribution < 1.29 is 19.3 Å². The predicted molar refractivity (Wildman–Crippen MR) is 151 cm³/mol. The van der Waals surface area contributed by atoms with Crippen molar-refractivity contribution in [1.29, 1.82) is 0 Å². The van der Waals surface area contributed by atoms with Crippen LogP contribution in [0.3, 0.4) is 0 Å². The molecule has 200 valence electrons. The first-order valence-corrected chi connectivity index (χ1v) is 14.0. The van der Waals surface area contributed by atoms with Crippen LogP contribution in [0.25, 0.3) is 0 Å². The van der Waals surface area contributed by atoms with E-state index in [1.165, 1.54) is 28.8 Å². The molecule has 3 aromatic carbocycles. The van der Waals surface area contributed by atoms with Crippen LogP contribution in [-0.2, 0) is 20.9 Å². The number of nitrogens with zero attached hydrogens (tertiary/aromatic N) is 3. The normalized spacial score (nSPS) is 19.7. The molecule has 0 bridgehead atoms. The number of para-hydroxylation sites is 1. The number of fused-ring (bicyclic) bond motifs is 2. The van der Waals surface area contributed by atoms with Gasteiger partial charge in [0, 0.05) is 28.6 Å². The number of rotatable bonds is 6. The van der Waals surface area contributed by atoms with Crippen LogP contribution in [0, 0.1) is 16.0 Å². The van der Waals surface area contributed by atoms with Crippen LogP contribution in [0.4, 0.5) is 17.1 Å². The third kappa shape index (κ3) is 4.40. The first kappa shape index (κ1) is 25.7. The summed E-state index contributed by atoms with van der Waals surface area (Å²) >= 11 is 2.09. The zero-order valence-electron chi connectivity index (χ0n) is 20.6. The quantitative estimate of drug-likeness (QED) is 0.208. The molecule has 10 nitrogen and oxygen atoms in total. The molecule has 0 aliphatic carbocycles. The van der Waals surface area contributed by atoms with Gasteiger partial charge < -0.3 is 5.32 Å². The van der Waals surface area contributed by atoms with E-state index in [0.29, 0.717) is 15.6 Å². The fourth-order valence-electron chi connectivity index (χ4n) is 5.12. The van der Waals surface area contributed by atoms with Gasteiger partial charge in [0.05, 0.1) is 21.6 Å². The Hall–Kier alpha value is -4.55. The molecule has 0 spiro atoms. The molecule has 3 atom stereocenters. The van der Waals surface area contributed by atoms with Crippen molar-refractivity contribution in [3.8, 4) is 0 Å². The Labute approximate surface area is 235 Å². The third-order valence-corrected chi connectivity index (χ3v) is 9.49. The number of aromatic nitrogens is 1. The average Bonchev–Trinajstić information content (AvgIpc) is 3.40. The molecule has 1 aromatic heterocycles.